The van der Waals surface area contributed by atoms with Gasteiger partial charge in [0.1, 0.15) is 0 Å². The Hall–Kier alpha value is -0.163. The molecule has 1 rings (SSSR count). The first kappa shape index (κ1) is 20.9. The van der Waals surface area contributed by atoms with Crippen LogP contribution in [0.4, 0.5) is 0 Å². The van der Waals surface area contributed by atoms with Gasteiger partial charge in [-0.3, -0.25) is 0 Å². The lowest BCUT2D eigenvalue weighted by molar-refractivity contribution is -0.141. The summed E-state index contributed by atoms with van der Waals surface area (Å²) in [5.41, 5.74) is 1.77. The van der Waals surface area contributed by atoms with Crippen molar-refractivity contribution in [3.63, 3.8) is 0 Å². The van der Waals surface area contributed by atoms with Crippen molar-refractivity contribution in [3.05, 3.63) is 12.7 Å². The zero-order chi connectivity index (χ0) is 17.8. The summed E-state index contributed by atoms with van der Waals surface area (Å²) in [6, 6.07) is 0. The Morgan fingerprint density at radius 1 is 1.13 bits per heavy atom. The van der Waals surface area contributed by atoms with Gasteiger partial charge in [-0.05, 0) is 36.9 Å². The monoisotopic (exact) mass is 342 g/mol. The van der Waals surface area contributed by atoms with Crippen molar-refractivity contribution in [1.29, 1.82) is 0 Å². The van der Waals surface area contributed by atoms with Crippen LogP contribution in [0.1, 0.15) is 68.2 Å². The highest BCUT2D eigenvalue weighted by Crippen LogP contribution is 2.44. The van der Waals surface area contributed by atoms with Crippen molar-refractivity contribution in [2.45, 2.75) is 103 Å². The molecule has 0 unspecified atom stereocenters. The van der Waals surface area contributed by atoms with E-state index in [1.165, 1.54) is 0 Å². The average molecular weight is 343 g/mol. The van der Waals surface area contributed by atoms with E-state index < -0.39 is 14.1 Å². The second kappa shape index (κ2) is 8.28. The quantitative estimate of drug-likeness (QED) is 0.399. The lowest BCUT2D eigenvalue weighted by Crippen LogP contribution is -2.50. The van der Waals surface area contributed by atoms with Crippen LogP contribution < -0.4 is 0 Å². The van der Waals surface area contributed by atoms with E-state index in [1.807, 2.05) is 19.9 Å². The van der Waals surface area contributed by atoms with Gasteiger partial charge in [-0.15, -0.1) is 6.58 Å². The molecular formula is C19H38O3Si. The fourth-order valence-electron chi connectivity index (χ4n) is 4.25. The van der Waals surface area contributed by atoms with Crippen LogP contribution in [0.3, 0.4) is 0 Å². The molecule has 3 nitrogen and oxygen atoms in total. The Morgan fingerprint density at radius 3 is 2.00 bits per heavy atom. The van der Waals surface area contributed by atoms with Gasteiger partial charge in [-0.2, -0.15) is 0 Å². The highest BCUT2D eigenvalue weighted by atomic mass is 28.4. The number of hydrogen-bond donors (Lipinski definition) is 0. The summed E-state index contributed by atoms with van der Waals surface area (Å²) in [7, 11) is -1.88. The lowest BCUT2D eigenvalue weighted by Gasteiger charge is -2.45. The van der Waals surface area contributed by atoms with E-state index in [4.69, 9.17) is 13.9 Å². The number of rotatable bonds is 9. The van der Waals surface area contributed by atoms with Gasteiger partial charge in [0.25, 0.3) is 0 Å². The summed E-state index contributed by atoms with van der Waals surface area (Å²) in [6.45, 7) is 22.5. The highest BCUT2D eigenvalue weighted by molar-refractivity contribution is 6.77. The van der Waals surface area contributed by atoms with Crippen LogP contribution in [0.25, 0.3) is 0 Å². The molecule has 0 aromatic heterocycles. The molecule has 4 heteroatoms. The van der Waals surface area contributed by atoms with Crippen molar-refractivity contribution >= 4 is 8.32 Å². The Bertz CT molecular complexity index is 355. The molecule has 0 N–H and O–H groups in total. The predicted molar refractivity (Wildman–Crippen MR) is 100 cm³/mol. The molecule has 1 aliphatic rings. The minimum absolute atomic E-state index is 0.119. The van der Waals surface area contributed by atoms with Gasteiger partial charge in [0.05, 0.1) is 18.8 Å². The molecule has 0 amide bonds. The fraction of sp³-hybridized carbons (Fsp3) is 0.895. The Labute approximate surface area is 144 Å². The maximum absolute atomic E-state index is 6.93. The molecule has 1 heterocycles. The van der Waals surface area contributed by atoms with Gasteiger partial charge < -0.3 is 13.9 Å². The summed E-state index contributed by atoms with van der Waals surface area (Å²) >= 11 is 0. The van der Waals surface area contributed by atoms with Crippen molar-refractivity contribution < 1.29 is 13.9 Å². The van der Waals surface area contributed by atoms with Crippen molar-refractivity contribution in [3.8, 4) is 0 Å². The maximum Gasteiger partial charge on any atom is 0.200 e. The highest BCUT2D eigenvalue weighted by Gasteiger charge is 2.47. The van der Waals surface area contributed by atoms with Crippen LogP contribution in [0, 0.1) is 0 Å². The first-order valence-electron chi connectivity index (χ1n) is 9.15. The Balaban J connectivity index is 2.89. The lowest BCUT2D eigenvalue weighted by atomic mass is 10.1. The minimum atomic E-state index is -1.88. The van der Waals surface area contributed by atoms with E-state index in [9.17, 15) is 0 Å². The molecule has 0 saturated carbocycles. The van der Waals surface area contributed by atoms with Gasteiger partial charge >= 0.3 is 0 Å². The first-order valence-corrected chi connectivity index (χ1v) is 11.3. The molecule has 2 atom stereocenters. The second-order valence-electron chi connectivity index (χ2n) is 8.27. The van der Waals surface area contributed by atoms with Crippen molar-refractivity contribution in [2.24, 2.45) is 0 Å². The van der Waals surface area contributed by atoms with E-state index in [-0.39, 0.29) is 12.2 Å². The zero-order valence-electron chi connectivity index (χ0n) is 16.5. The van der Waals surface area contributed by atoms with Crippen LogP contribution in [0.2, 0.25) is 16.6 Å². The third kappa shape index (κ3) is 5.15. The minimum Gasteiger partial charge on any atom is -0.413 e. The number of ether oxygens (including phenoxy) is 2. The molecule has 23 heavy (non-hydrogen) atoms. The summed E-state index contributed by atoms with van der Waals surface area (Å²) < 4.78 is 18.6. The third-order valence-corrected chi connectivity index (χ3v) is 11.3. The average Bonchev–Trinajstić information content (AvgIpc) is 2.73. The van der Waals surface area contributed by atoms with Gasteiger partial charge in [0, 0.05) is 6.42 Å². The van der Waals surface area contributed by atoms with Crippen molar-refractivity contribution in [1.82, 2.24) is 0 Å². The predicted octanol–water partition coefficient (Wildman–Crippen LogP) is 5.66. The molecule has 136 valence electrons. The molecule has 0 radical (unpaired) electrons. The largest absolute Gasteiger partial charge is 0.413 e. The summed E-state index contributed by atoms with van der Waals surface area (Å²) in [4.78, 5) is 0. The standard InChI is InChI=1S/C19H38O3Si/c1-10-11-17(12-18-13-20-19(8,9)21-18)22-23(14(2)3,15(4)5)16(6)7/h10,14-18H,1,11-13H2,2-9H3/t17-,18+/m1/s1. The van der Waals surface area contributed by atoms with Crippen molar-refractivity contribution in [2.75, 3.05) is 6.61 Å². The van der Waals surface area contributed by atoms with Gasteiger partial charge in [0.2, 0.25) is 8.32 Å². The van der Waals surface area contributed by atoms with Crippen LogP contribution in [-0.2, 0) is 13.9 Å². The van der Waals surface area contributed by atoms with Crippen LogP contribution in [0.5, 0.6) is 0 Å². The smallest absolute Gasteiger partial charge is 0.200 e. The van der Waals surface area contributed by atoms with Gasteiger partial charge in [-0.25, -0.2) is 0 Å². The molecule has 1 saturated heterocycles. The fourth-order valence-corrected chi connectivity index (χ4v) is 9.83. The maximum atomic E-state index is 6.93. The Morgan fingerprint density at radius 2 is 1.65 bits per heavy atom. The van der Waals surface area contributed by atoms with Gasteiger partial charge in [0.15, 0.2) is 5.79 Å². The molecule has 0 aromatic rings. The Kier molecular flexibility index (Phi) is 7.52. The molecule has 0 bridgehead atoms. The summed E-state index contributed by atoms with van der Waals surface area (Å²) in [5, 5.41) is 0. The van der Waals surface area contributed by atoms with Gasteiger partial charge in [-0.1, -0.05) is 47.6 Å². The van der Waals surface area contributed by atoms with E-state index in [0.717, 1.165) is 12.8 Å². The molecule has 0 aromatic carbocycles. The van der Waals surface area contributed by atoms with E-state index in [0.29, 0.717) is 23.2 Å². The molecule has 0 aliphatic carbocycles. The van der Waals surface area contributed by atoms with Crippen LogP contribution in [0.15, 0.2) is 12.7 Å². The van der Waals surface area contributed by atoms with E-state index in [2.05, 4.69) is 48.1 Å². The SMILES string of the molecule is C=CC[C@H](C[C@H]1COC(C)(C)O1)O[Si](C(C)C)(C(C)C)C(C)C. The first-order chi connectivity index (χ1) is 10.5. The summed E-state index contributed by atoms with van der Waals surface area (Å²) in [5.74, 6) is -0.466. The van der Waals surface area contributed by atoms with E-state index in [1.54, 1.807) is 0 Å². The second-order valence-corrected chi connectivity index (χ2v) is 13.7. The molecule has 0 spiro atoms. The molecule has 1 aliphatic heterocycles. The zero-order valence-corrected chi connectivity index (χ0v) is 17.5. The summed E-state index contributed by atoms with van der Waals surface area (Å²) in [6.07, 6.45) is 4.03. The van der Waals surface area contributed by atoms with E-state index >= 15 is 0 Å². The topological polar surface area (TPSA) is 27.7 Å². The normalized spacial score (nSPS) is 23.0. The molecule has 1 fully saturated rings. The number of hydrogen-bond acceptors (Lipinski definition) is 3. The third-order valence-electron chi connectivity index (χ3n) is 5.10. The van der Waals surface area contributed by atoms with Crippen LogP contribution in [-0.4, -0.2) is 32.9 Å². The van der Waals surface area contributed by atoms with Crippen LogP contribution >= 0.6 is 0 Å². The molecular weight excluding hydrogens is 304 g/mol.